The van der Waals surface area contributed by atoms with Gasteiger partial charge in [-0.3, -0.25) is 14.0 Å². The van der Waals surface area contributed by atoms with Crippen molar-refractivity contribution in [3.05, 3.63) is 50.1 Å². The van der Waals surface area contributed by atoms with Gasteiger partial charge in [0.2, 0.25) is 5.43 Å². The molecule has 1 amide bonds. The quantitative estimate of drug-likeness (QED) is 0.424. The number of nitrogens with zero attached hydrogens (tertiary/aromatic N) is 5. The van der Waals surface area contributed by atoms with Gasteiger partial charge in [0, 0.05) is 33.2 Å². The first-order chi connectivity index (χ1) is 17.4. The molecule has 0 atom stereocenters. The van der Waals surface area contributed by atoms with Gasteiger partial charge in [-0.25, -0.2) is 4.98 Å². The molecule has 3 aromatic heterocycles. The molecular formula is C26H28Cl2N6O2. The predicted molar refractivity (Wildman–Crippen MR) is 145 cm³/mol. The summed E-state index contributed by atoms with van der Waals surface area (Å²) in [5, 5.41) is 4.19. The van der Waals surface area contributed by atoms with Crippen LogP contribution in [-0.4, -0.2) is 64.0 Å². The number of hydrogen-bond acceptors (Lipinski definition) is 5. The maximum Gasteiger partial charge on any atom is 0.259 e. The zero-order valence-corrected chi connectivity index (χ0v) is 21.7. The molecule has 0 radical (unpaired) electrons. The van der Waals surface area contributed by atoms with Crippen molar-refractivity contribution in [2.45, 2.75) is 25.7 Å². The van der Waals surface area contributed by atoms with E-state index >= 15 is 0 Å². The maximum atomic E-state index is 13.8. The van der Waals surface area contributed by atoms with Crippen molar-refractivity contribution in [2.24, 2.45) is 7.05 Å². The zero-order chi connectivity index (χ0) is 25.0. The highest BCUT2D eigenvalue weighted by Gasteiger charge is 2.26. The molecule has 2 saturated heterocycles. The molecule has 0 unspecified atom stereocenters. The van der Waals surface area contributed by atoms with E-state index < -0.39 is 0 Å². The molecule has 10 heteroatoms. The molecule has 0 saturated carbocycles. The lowest BCUT2D eigenvalue weighted by molar-refractivity contribution is 0.0950. The van der Waals surface area contributed by atoms with Crippen LogP contribution in [0.3, 0.4) is 0 Å². The van der Waals surface area contributed by atoms with Crippen molar-refractivity contribution in [2.75, 3.05) is 44.2 Å². The number of halogens is 2. The van der Waals surface area contributed by atoms with Crippen LogP contribution in [0.2, 0.25) is 10.0 Å². The van der Waals surface area contributed by atoms with Gasteiger partial charge >= 0.3 is 0 Å². The van der Waals surface area contributed by atoms with Crippen LogP contribution in [0.15, 0.2) is 29.1 Å². The van der Waals surface area contributed by atoms with E-state index in [9.17, 15) is 9.59 Å². The van der Waals surface area contributed by atoms with E-state index in [2.05, 4.69) is 15.1 Å². The van der Waals surface area contributed by atoms with Crippen LogP contribution < -0.4 is 15.6 Å². The molecule has 36 heavy (non-hydrogen) atoms. The van der Waals surface area contributed by atoms with Crippen LogP contribution in [-0.2, 0) is 7.05 Å². The van der Waals surface area contributed by atoms with Gasteiger partial charge in [-0.05, 0) is 63.0 Å². The number of rotatable bonds is 5. The van der Waals surface area contributed by atoms with E-state index in [1.54, 1.807) is 18.2 Å². The van der Waals surface area contributed by atoms with Gasteiger partial charge in [-0.15, -0.1) is 0 Å². The summed E-state index contributed by atoms with van der Waals surface area (Å²) in [6, 6.07) is 7.21. The minimum Gasteiger partial charge on any atom is -0.357 e. The summed E-state index contributed by atoms with van der Waals surface area (Å²) in [7, 11) is 1.83. The molecule has 4 aromatic rings. The molecule has 188 valence electrons. The van der Waals surface area contributed by atoms with Crippen molar-refractivity contribution in [3.8, 4) is 0 Å². The summed E-state index contributed by atoms with van der Waals surface area (Å²) in [6.07, 6.45) is 4.62. The van der Waals surface area contributed by atoms with Gasteiger partial charge in [0.25, 0.3) is 5.91 Å². The first-order valence-electron chi connectivity index (χ1n) is 12.5. The largest absolute Gasteiger partial charge is 0.357 e. The normalized spacial score (nSPS) is 16.7. The number of aryl methyl sites for hydroxylation is 1. The topological polar surface area (TPSA) is 74.9 Å². The van der Waals surface area contributed by atoms with Gasteiger partial charge in [-0.2, -0.15) is 0 Å². The number of imidazole rings is 1. The van der Waals surface area contributed by atoms with Gasteiger partial charge in [0.05, 0.1) is 26.5 Å². The first-order valence-corrected chi connectivity index (χ1v) is 13.3. The van der Waals surface area contributed by atoms with Gasteiger partial charge < -0.3 is 19.7 Å². The Morgan fingerprint density at radius 1 is 1.00 bits per heavy atom. The third-order valence-electron chi connectivity index (χ3n) is 7.49. The lowest BCUT2D eigenvalue weighted by Gasteiger charge is -2.18. The molecule has 0 aliphatic carbocycles. The number of anilines is 1. The van der Waals surface area contributed by atoms with Crippen LogP contribution in [0.5, 0.6) is 0 Å². The zero-order valence-electron chi connectivity index (χ0n) is 20.2. The SMILES string of the molecule is Cn1c2cc(Cl)c(Cl)cc2n2c3nc(N4CCCC4)ccc3c(=O)c(C(=O)NCCN3CCCC3)c12. The average Bonchev–Trinajstić information content (AvgIpc) is 3.63. The van der Waals surface area contributed by atoms with E-state index in [4.69, 9.17) is 28.2 Å². The molecule has 6 rings (SSSR count). The Morgan fingerprint density at radius 3 is 2.39 bits per heavy atom. The smallest absolute Gasteiger partial charge is 0.259 e. The van der Waals surface area contributed by atoms with Gasteiger partial charge in [0.15, 0.2) is 5.65 Å². The maximum absolute atomic E-state index is 13.8. The fourth-order valence-corrected chi connectivity index (χ4v) is 5.93. The van der Waals surface area contributed by atoms with Gasteiger partial charge in [0.1, 0.15) is 17.0 Å². The number of nitrogens with one attached hydrogen (secondary N) is 1. The summed E-state index contributed by atoms with van der Waals surface area (Å²) >= 11 is 12.8. The second-order valence-corrected chi connectivity index (χ2v) is 10.5. The van der Waals surface area contributed by atoms with Crippen molar-refractivity contribution in [1.82, 2.24) is 24.2 Å². The number of carbonyl (C=O) groups is 1. The highest BCUT2D eigenvalue weighted by molar-refractivity contribution is 6.42. The Hall–Kier alpha value is -2.81. The molecule has 0 spiro atoms. The minimum absolute atomic E-state index is 0.102. The number of amides is 1. The number of carbonyl (C=O) groups excluding carboxylic acids is 1. The number of likely N-dealkylation sites (tertiary alicyclic amines) is 1. The monoisotopic (exact) mass is 526 g/mol. The summed E-state index contributed by atoms with van der Waals surface area (Å²) in [5.74, 6) is 0.443. The average molecular weight is 527 g/mol. The molecule has 2 aliphatic heterocycles. The van der Waals surface area contributed by atoms with Crippen LogP contribution in [0.4, 0.5) is 5.82 Å². The highest BCUT2D eigenvalue weighted by atomic mass is 35.5. The Bertz CT molecular complexity index is 1560. The van der Waals surface area contributed by atoms with Crippen LogP contribution in [0.1, 0.15) is 36.0 Å². The lowest BCUT2D eigenvalue weighted by Crippen LogP contribution is -2.36. The summed E-state index contributed by atoms with van der Waals surface area (Å²) in [5.41, 5.74) is 2.26. The molecule has 1 N–H and O–H groups in total. The molecule has 8 nitrogen and oxygen atoms in total. The van der Waals surface area contributed by atoms with Crippen LogP contribution >= 0.6 is 23.2 Å². The Kier molecular flexibility index (Phi) is 6.06. The first kappa shape index (κ1) is 23.6. The van der Waals surface area contributed by atoms with Crippen LogP contribution in [0.25, 0.3) is 27.7 Å². The highest BCUT2D eigenvalue weighted by Crippen LogP contribution is 2.32. The Morgan fingerprint density at radius 2 is 1.67 bits per heavy atom. The molecule has 2 aliphatic rings. The third-order valence-corrected chi connectivity index (χ3v) is 8.21. The fourth-order valence-electron chi connectivity index (χ4n) is 5.62. The Balaban J connectivity index is 1.56. The van der Waals surface area contributed by atoms with Crippen molar-refractivity contribution in [3.63, 3.8) is 0 Å². The molecule has 5 heterocycles. The van der Waals surface area contributed by atoms with Crippen molar-refractivity contribution >= 4 is 62.6 Å². The van der Waals surface area contributed by atoms with Crippen molar-refractivity contribution < 1.29 is 4.79 Å². The van der Waals surface area contributed by atoms with Gasteiger partial charge in [-0.1, -0.05) is 23.2 Å². The number of fused-ring (bicyclic) bond motifs is 5. The van der Waals surface area contributed by atoms with Crippen LogP contribution in [0, 0.1) is 0 Å². The molecule has 0 bridgehead atoms. The molecular weight excluding hydrogens is 499 g/mol. The molecule has 2 fully saturated rings. The summed E-state index contributed by atoms with van der Waals surface area (Å²) in [4.78, 5) is 36.8. The Labute approximate surface area is 218 Å². The second-order valence-electron chi connectivity index (χ2n) is 9.72. The number of hydrogen-bond donors (Lipinski definition) is 1. The minimum atomic E-state index is -0.384. The third kappa shape index (κ3) is 3.83. The molecule has 1 aromatic carbocycles. The summed E-state index contributed by atoms with van der Waals surface area (Å²) in [6.45, 7) is 5.22. The van der Waals surface area contributed by atoms with E-state index in [0.717, 1.165) is 62.4 Å². The van der Waals surface area contributed by atoms with E-state index in [1.807, 2.05) is 22.1 Å². The van der Waals surface area contributed by atoms with E-state index in [0.29, 0.717) is 33.3 Å². The van der Waals surface area contributed by atoms with Crippen molar-refractivity contribution in [1.29, 1.82) is 0 Å². The summed E-state index contributed by atoms with van der Waals surface area (Å²) < 4.78 is 3.71. The number of aromatic nitrogens is 3. The fraction of sp³-hybridized carbons (Fsp3) is 0.423. The van der Waals surface area contributed by atoms with E-state index in [-0.39, 0.29) is 16.9 Å². The lowest BCUT2D eigenvalue weighted by atomic mass is 10.1. The number of benzene rings is 1. The number of pyridine rings is 2. The second kappa shape index (κ2) is 9.25. The standard InChI is InChI=1S/C26H28Cl2N6O2/c1-31-19-14-17(27)18(28)15-20(19)34-24-16(6-7-21(30-24)33-11-4-5-12-33)23(35)22(26(31)34)25(36)29-8-13-32-9-2-3-10-32/h6-7,14-15H,2-5,8-13H2,1H3,(H,29,36). The predicted octanol–water partition coefficient (Wildman–Crippen LogP) is 4.07. The van der Waals surface area contributed by atoms with E-state index in [1.165, 1.54) is 12.8 Å².